The molecule has 0 unspecified atom stereocenters. The lowest BCUT2D eigenvalue weighted by molar-refractivity contribution is 0.217. The van der Waals surface area contributed by atoms with E-state index >= 15 is 0 Å². The zero-order valence-electron chi connectivity index (χ0n) is 10.4. The molecule has 0 bridgehead atoms. The highest BCUT2D eigenvalue weighted by molar-refractivity contribution is 9.10. The quantitative estimate of drug-likeness (QED) is 0.907. The number of rotatable bonds is 5. The van der Waals surface area contributed by atoms with Gasteiger partial charge in [-0.25, -0.2) is 8.42 Å². The Balaban J connectivity index is 2.24. The van der Waals surface area contributed by atoms with Crippen molar-refractivity contribution in [2.45, 2.75) is 0 Å². The largest absolute Gasteiger partial charge is 0.384 e. The van der Waals surface area contributed by atoms with Crippen LogP contribution in [0.15, 0.2) is 40.9 Å². The normalized spacial score (nSPS) is 11.7. The van der Waals surface area contributed by atoms with Gasteiger partial charge < -0.3 is 4.74 Å². The average molecular weight is 344 g/mol. The lowest BCUT2D eigenvalue weighted by atomic mass is 10.1. The molecule has 0 spiro atoms. The minimum Gasteiger partial charge on any atom is -0.384 e. The van der Waals surface area contributed by atoms with Gasteiger partial charge >= 0.3 is 0 Å². The Hall–Kier alpha value is -1.11. The second-order valence-electron chi connectivity index (χ2n) is 4.12. The molecule has 4 nitrogen and oxygen atoms in total. The molecule has 0 saturated carbocycles. The van der Waals surface area contributed by atoms with Gasteiger partial charge in [-0.1, -0.05) is 28.1 Å². The Kier molecular flexibility index (Phi) is 4.44. The fraction of sp³-hybridized carbons (Fsp3) is 0.231. The van der Waals surface area contributed by atoms with Crippen LogP contribution < -0.4 is 4.72 Å². The van der Waals surface area contributed by atoms with Crippen molar-refractivity contribution in [2.75, 3.05) is 24.2 Å². The lowest BCUT2D eigenvalue weighted by Gasteiger charge is -2.08. The molecular weight excluding hydrogens is 330 g/mol. The van der Waals surface area contributed by atoms with Gasteiger partial charge in [-0.2, -0.15) is 0 Å². The second kappa shape index (κ2) is 5.90. The van der Waals surface area contributed by atoms with E-state index in [9.17, 15) is 8.42 Å². The number of halogens is 1. The maximum Gasteiger partial charge on any atom is 0.234 e. The van der Waals surface area contributed by atoms with Crippen LogP contribution in [0.3, 0.4) is 0 Å². The maximum absolute atomic E-state index is 11.8. The summed E-state index contributed by atoms with van der Waals surface area (Å²) in [6.45, 7) is 0.176. The zero-order chi connectivity index (χ0) is 13.9. The smallest absolute Gasteiger partial charge is 0.234 e. The standard InChI is InChI=1S/C13H14BrNO3S/c1-18-6-7-19(16,17)15-13-5-3-10-8-12(14)4-2-11(10)9-13/h2-5,8-9,15H,6-7H2,1H3. The number of sulfonamides is 1. The van der Waals surface area contributed by atoms with Gasteiger partial charge in [0, 0.05) is 17.3 Å². The van der Waals surface area contributed by atoms with Crippen molar-refractivity contribution in [3.63, 3.8) is 0 Å². The van der Waals surface area contributed by atoms with Crippen LogP contribution in [0, 0.1) is 0 Å². The molecule has 0 aromatic heterocycles. The van der Waals surface area contributed by atoms with Crippen molar-refractivity contribution < 1.29 is 13.2 Å². The molecule has 0 radical (unpaired) electrons. The molecule has 0 atom stereocenters. The monoisotopic (exact) mass is 343 g/mol. The minimum atomic E-state index is -3.36. The van der Waals surface area contributed by atoms with E-state index in [1.165, 1.54) is 7.11 Å². The first-order valence-electron chi connectivity index (χ1n) is 5.69. The van der Waals surface area contributed by atoms with Crippen LogP contribution in [0.5, 0.6) is 0 Å². The predicted molar refractivity (Wildman–Crippen MR) is 80.9 cm³/mol. The Labute approximate surface area is 120 Å². The van der Waals surface area contributed by atoms with Crippen LogP contribution in [-0.4, -0.2) is 27.9 Å². The van der Waals surface area contributed by atoms with Crippen molar-refractivity contribution in [3.05, 3.63) is 40.9 Å². The number of fused-ring (bicyclic) bond motifs is 1. The summed E-state index contributed by atoms with van der Waals surface area (Å²) in [5.41, 5.74) is 0.561. The first-order valence-corrected chi connectivity index (χ1v) is 8.13. The summed E-state index contributed by atoms with van der Waals surface area (Å²) in [4.78, 5) is 0. The van der Waals surface area contributed by atoms with Crippen molar-refractivity contribution in [1.82, 2.24) is 0 Å². The van der Waals surface area contributed by atoms with Crippen LogP contribution in [0.4, 0.5) is 5.69 Å². The molecule has 6 heteroatoms. The van der Waals surface area contributed by atoms with Crippen molar-refractivity contribution >= 4 is 42.4 Å². The number of hydrogen-bond donors (Lipinski definition) is 1. The lowest BCUT2D eigenvalue weighted by Crippen LogP contribution is -2.19. The second-order valence-corrected chi connectivity index (χ2v) is 6.88. The summed E-state index contributed by atoms with van der Waals surface area (Å²) in [6, 6.07) is 11.3. The topological polar surface area (TPSA) is 55.4 Å². The first kappa shape index (κ1) is 14.3. The number of anilines is 1. The molecule has 0 aliphatic heterocycles. The molecule has 19 heavy (non-hydrogen) atoms. The summed E-state index contributed by atoms with van der Waals surface area (Å²) in [6.07, 6.45) is 0. The Morgan fingerprint density at radius 1 is 1.16 bits per heavy atom. The van der Waals surface area contributed by atoms with Gasteiger partial charge in [0.05, 0.1) is 12.4 Å². The molecule has 2 rings (SSSR count). The third kappa shape index (κ3) is 3.92. The number of methoxy groups -OCH3 is 1. The third-order valence-electron chi connectivity index (χ3n) is 2.63. The molecule has 102 valence electrons. The molecule has 0 fully saturated rings. The summed E-state index contributed by atoms with van der Waals surface area (Å²) in [5.74, 6) is -0.0537. The molecule has 0 aliphatic rings. The molecule has 0 aliphatic carbocycles. The minimum absolute atomic E-state index is 0.0537. The van der Waals surface area contributed by atoms with E-state index in [2.05, 4.69) is 20.7 Å². The van der Waals surface area contributed by atoms with Crippen LogP contribution in [0.2, 0.25) is 0 Å². The molecule has 0 saturated heterocycles. The molecule has 0 heterocycles. The van der Waals surface area contributed by atoms with Crippen LogP contribution >= 0.6 is 15.9 Å². The fourth-order valence-electron chi connectivity index (χ4n) is 1.70. The van der Waals surface area contributed by atoms with E-state index in [-0.39, 0.29) is 12.4 Å². The van der Waals surface area contributed by atoms with Crippen LogP contribution in [-0.2, 0) is 14.8 Å². The molecular formula is C13H14BrNO3S. The van der Waals surface area contributed by atoms with Gasteiger partial charge in [-0.3, -0.25) is 4.72 Å². The van der Waals surface area contributed by atoms with Gasteiger partial charge in [-0.15, -0.1) is 0 Å². The summed E-state index contributed by atoms with van der Waals surface area (Å²) in [5, 5.41) is 2.03. The SMILES string of the molecule is COCCS(=O)(=O)Nc1ccc2cc(Br)ccc2c1. The summed E-state index contributed by atoms with van der Waals surface area (Å²) in [7, 11) is -1.88. The molecule has 2 aromatic rings. The third-order valence-corrected chi connectivity index (χ3v) is 4.38. The van der Waals surface area contributed by atoms with Crippen LogP contribution in [0.25, 0.3) is 10.8 Å². The Morgan fingerprint density at radius 2 is 1.84 bits per heavy atom. The van der Waals surface area contributed by atoms with E-state index < -0.39 is 10.0 Å². The summed E-state index contributed by atoms with van der Waals surface area (Å²) < 4.78 is 31.8. The van der Waals surface area contributed by atoms with Gasteiger partial charge in [0.15, 0.2) is 0 Å². The Bertz CT molecular complexity index is 685. The number of nitrogens with one attached hydrogen (secondary N) is 1. The van der Waals surface area contributed by atoms with E-state index in [4.69, 9.17) is 4.74 Å². The highest BCUT2D eigenvalue weighted by Gasteiger charge is 2.10. The Morgan fingerprint density at radius 3 is 2.58 bits per heavy atom. The van der Waals surface area contributed by atoms with Gasteiger partial charge in [0.25, 0.3) is 0 Å². The van der Waals surface area contributed by atoms with E-state index in [1.807, 2.05) is 30.3 Å². The van der Waals surface area contributed by atoms with Gasteiger partial charge in [0.2, 0.25) is 10.0 Å². The van der Waals surface area contributed by atoms with Crippen LogP contribution in [0.1, 0.15) is 0 Å². The predicted octanol–water partition coefficient (Wildman–Crippen LogP) is 2.99. The van der Waals surface area contributed by atoms with Crippen molar-refractivity contribution in [3.8, 4) is 0 Å². The number of hydrogen-bond acceptors (Lipinski definition) is 3. The van der Waals surface area contributed by atoms with E-state index in [0.717, 1.165) is 15.2 Å². The maximum atomic E-state index is 11.8. The van der Waals surface area contributed by atoms with Crippen molar-refractivity contribution in [1.29, 1.82) is 0 Å². The fourth-order valence-corrected chi connectivity index (χ4v) is 3.06. The molecule has 0 amide bonds. The van der Waals surface area contributed by atoms with Crippen molar-refractivity contribution in [2.24, 2.45) is 0 Å². The number of ether oxygens (including phenoxy) is 1. The number of benzene rings is 2. The van der Waals surface area contributed by atoms with Gasteiger partial charge in [-0.05, 0) is 35.0 Å². The van der Waals surface area contributed by atoms with Gasteiger partial charge in [0.1, 0.15) is 0 Å². The van der Waals surface area contributed by atoms with E-state index in [1.54, 1.807) is 6.07 Å². The molecule has 1 N–H and O–H groups in total. The highest BCUT2D eigenvalue weighted by atomic mass is 79.9. The zero-order valence-corrected chi connectivity index (χ0v) is 12.8. The highest BCUT2D eigenvalue weighted by Crippen LogP contribution is 2.23. The summed E-state index contributed by atoms with van der Waals surface area (Å²) >= 11 is 3.40. The molecule has 2 aromatic carbocycles. The average Bonchev–Trinajstić information content (AvgIpc) is 2.36. The first-order chi connectivity index (χ1) is 9.00. The van der Waals surface area contributed by atoms with E-state index in [0.29, 0.717) is 5.69 Å².